The molecular weight excluding hydrogens is 366 g/mol. The Labute approximate surface area is 152 Å². The number of carbonyl (C=O) groups excluding carboxylic acids is 2. The van der Waals surface area contributed by atoms with Gasteiger partial charge in [0.15, 0.2) is 6.61 Å². The zero-order valence-corrected chi connectivity index (χ0v) is 14.3. The van der Waals surface area contributed by atoms with Crippen LogP contribution in [0.2, 0.25) is 5.02 Å². The first-order valence-electron chi connectivity index (χ1n) is 7.16. The third kappa shape index (κ3) is 4.61. The summed E-state index contributed by atoms with van der Waals surface area (Å²) in [6.07, 6.45) is 0. The molecule has 26 heavy (non-hydrogen) atoms. The van der Waals surface area contributed by atoms with Gasteiger partial charge in [0.05, 0.1) is 29.4 Å². The third-order valence-corrected chi connectivity index (χ3v) is 3.47. The van der Waals surface area contributed by atoms with Gasteiger partial charge < -0.3 is 20.5 Å². The van der Waals surface area contributed by atoms with Crippen LogP contribution in [0, 0.1) is 10.1 Å². The van der Waals surface area contributed by atoms with Gasteiger partial charge in [0, 0.05) is 16.8 Å². The van der Waals surface area contributed by atoms with Crippen molar-refractivity contribution in [3.8, 4) is 5.75 Å². The van der Waals surface area contributed by atoms with Crippen LogP contribution >= 0.6 is 11.6 Å². The molecule has 2 aromatic carbocycles. The molecule has 1 amide bonds. The number of hydrogen-bond acceptors (Lipinski definition) is 7. The molecule has 2 rings (SSSR count). The van der Waals surface area contributed by atoms with Gasteiger partial charge in [-0.1, -0.05) is 11.6 Å². The molecule has 0 aliphatic heterocycles. The molecule has 0 saturated carbocycles. The van der Waals surface area contributed by atoms with E-state index >= 15 is 0 Å². The molecule has 3 N–H and O–H groups in total. The van der Waals surface area contributed by atoms with E-state index in [4.69, 9.17) is 26.8 Å². The van der Waals surface area contributed by atoms with Crippen LogP contribution in [0.3, 0.4) is 0 Å². The minimum absolute atomic E-state index is 0.0400. The van der Waals surface area contributed by atoms with Crippen LogP contribution in [-0.4, -0.2) is 30.5 Å². The summed E-state index contributed by atoms with van der Waals surface area (Å²) in [6.45, 7) is -0.592. The zero-order valence-electron chi connectivity index (χ0n) is 13.5. The molecule has 10 heteroatoms. The fourth-order valence-corrected chi connectivity index (χ4v) is 2.17. The molecule has 9 nitrogen and oxygen atoms in total. The van der Waals surface area contributed by atoms with E-state index in [1.54, 1.807) is 0 Å². The van der Waals surface area contributed by atoms with E-state index < -0.39 is 23.4 Å². The Bertz CT molecular complexity index is 871. The van der Waals surface area contributed by atoms with Crippen molar-refractivity contribution in [1.82, 2.24) is 0 Å². The fraction of sp³-hybridized carbons (Fsp3) is 0.125. The topological polar surface area (TPSA) is 134 Å². The number of nitrogens with one attached hydrogen (secondary N) is 1. The number of methoxy groups -OCH3 is 1. The number of nitro groups is 1. The SMILES string of the molecule is COc1cc([N+](=O)[O-])ccc1NC(=O)COC(=O)c1cc(Cl)ccc1N. The highest BCUT2D eigenvalue weighted by Crippen LogP contribution is 2.29. The van der Waals surface area contributed by atoms with Crippen molar-refractivity contribution < 1.29 is 24.0 Å². The van der Waals surface area contributed by atoms with Gasteiger partial charge in [0.2, 0.25) is 0 Å². The monoisotopic (exact) mass is 379 g/mol. The lowest BCUT2D eigenvalue weighted by molar-refractivity contribution is -0.384. The number of nitrogens with two attached hydrogens (primary N) is 1. The summed E-state index contributed by atoms with van der Waals surface area (Å²) in [6, 6.07) is 7.97. The molecule has 0 fully saturated rings. The van der Waals surface area contributed by atoms with Crippen molar-refractivity contribution in [2.45, 2.75) is 0 Å². The fourth-order valence-electron chi connectivity index (χ4n) is 2.00. The Balaban J connectivity index is 2.02. The minimum Gasteiger partial charge on any atom is -0.494 e. The molecular formula is C16H14ClN3O6. The number of non-ortho nitro benzene ring substituents is 1. The number of benzene rings is 2. The number of amides is 1. The van der Waals surface area contributed by atoms with Gasteiger partial charge in [0.1, 0.15) is 5.75 Å². The molecule has 0 aromatic heterocycles. The number of ether oxygens (including phenoxy) is 2. The summed E-state index contributed by atoms with van der Waals surface area (Å²) in [5.41, 5.74) is 5.87. The number of halogens is 1. The summed E-state index contributed by atoms with van der Waals surface area (Å²) in [4.78, 5) is 34.1. The van der Waals surface area contributed by atoms with Crippen molar-refractivity contribution in [2.75, 3.05) is 24.8 Å². The van der Waals surface area contributed by atoms with Crippen molar-refractivity contribution in [2.24, 2.45) is 0 Å². The first-order valence-corrected chi connectivity index (χ1v) is 7.54. The average Bonchev–Trinajstić information content (AvgIpc) is 2.61. The van der Waals surface area contributed by atoms with E-state index in [1.165, 1.54) is 37.4 Å². The highest BCUT2D eigenvalue weighted by Gasteiger charge is 2.16. The lowest BCUT2D eigenvalue weighted by Crippen LogP contribution is -2.21. The lowest BCUT2D eigenvalue weighted by Gasteiger charge is -2.11. The van der Waals surface area contributed by atoms with Crippen molar-refractivity contribution in [3.63, 3.8) is 0 Å². The van der Waals surface area contributed by atoms with Crippen LogP contribution in [0.5, 0.6) is 5.75 Å². The Morgan fingerprint density at radius 3 is 2.65 bits per heavy atom. The summed E-state index contributed by atoms with van der Waals surface area (Å²) in [5, 5.41) is 13.5. The van der Waals surface area contributed by atoms with Crippen molar-refractivity contribution in [3.05, 3.63) is 57.1 Å². The normalized spacial score (nSPS) is 10.1. The largest absolute Gasteiger partial charge is 0.494 e. The third-order valence-electron chi connectivity index (χ3n) is 3.24. The highest BCUT2D eigenvalue weighted by molar-refractivity contribution is 6.31. The van der Waals surface area contributed by atoms with E-state index in [0.717, 1.165) is 6.07 Å². The number of hydrogen-bond donors (Lipinski definition) is 2. The minimum atomic E-state index is -0.809. The van der Waals surface area contributed by atoms with Crippen LogP contribution in [0.15, 0.2) is 36.4 Å². The van der Waals surface area contributed by atoms with E-state index in [9.17, 15) is 19.7 Å². The van der Waals surface area contributed by atoms with Gasteiger partial charge in [-0.3, -0.25) is 14.9 Å². The van der Waals surface area contributed by atoms with Crippen molar-refractivity contribution >= 4 is 40.5 Å². The van der Waals surface area contributed by atoms with Gasteiger partial charge in [-0.05, 0) is 24.3 Å². The number of nitrogens with zero attached hydrogens (tertiary/aromatic N) is 1. The molecule has 0 aliphatic rings. The van der Waals surface area contributed by atoms with Crippen LogP contribution in [0.1, 0.15) is 10.4 Å². The number of anilines is 2. The summed E-state index contributed by atoms with van der Waals surface area (Å²) in [7, 11) is 1.30. The Kier molecular flexibility index (Phi) is 5.97. The maximum atomic E-state index is 12.0. The molecule has 0 heterocycles. The molecule has 0 saturated heterocycles. The van der Waals surface area contributed by atoms with Gasteiger partial charge >= 0.3 is 5.97 Å². The second kappa shape index (κ2) is 8.17. The Morgan fingerprint density at radius 1 is 1.27 bits per heavy atom. The van der Waals surface area contributed by atoms with Crippen LogP contribution in [-0.2, 0) is 9.53 Å². The molecule has 0 spiro atoms. The number of carbonyl (C=O) groups is 2. The van der Waals surface area contributed by atoms with E-state index in [-0.39, 0.29) is 28.4 Å². The number of esters is 1. The lowest BCUT2D eigenvalue weighted by atomic mass is 10.2. The zero-order chi connectivity index (χ0) is 19.3. The van der Waals surface area contributed by atoms with Crippen LogP contribution in [0.4, 0.5) is 17.1 Å². The quantitative estimate of drug-likeness (QED) is 0.341. The molecule has 0 radical (unpaired) electrons. The maximum Gasteiger partial charge on any atom is 0.340 e. The smallest absolute Gasteiger partial charge is 0.340 e. The predicted molar refractivity (Wildman–Crippen MR) is 94.4 cm³/mol. The Hall–Kier alpha value is -3.33. The molecule has 2 aromatic rings. The first kappa shape index (κ1) is 19.0. The first-order chi connectivity index (χ1) is 12.3. The predicted octanol–water partition coefficient (Wildman–Crippen LogP) is 2.63. The van der Waals surface area contributed by atoms with Gasteiger partial charge in [-0.2, -0.15) is 0 Å². The van der Waals surface area contributed by atoms with E-state index in [0.29, 0.717) is 5.02 Å². The summed E-state index contributed by atoms with van der Waals surface area (Å²) in [5.74, 6) is -1.38. The second-order valence-electron chi connectivity index (χ2n) is 5.00. The molecule has 0 unspecified atom stereocenters. The van der Waals surface area contributed by atoms with Crippen molar-refractivity contribution in [1.29, 1.82) is 0 Å². The average molecular weight is 380 g/mol. The standard InChI is InChI=1S/C16H14ClN3O6/c1-25-14-7-10(20(23)24)3-5-13(14)19-15(21)8-26-16(22)11-6-9(17)2-4-12(11)18/h2-7H,8,18H2,1H3,(H,19,21). The van der Waals surface area contributed by atoms with E-state index in [1.807, 2.05) is 0 Å². The van der Waals surface area contributed by atoms with Crippen LogP contribution in [0.25, 0.3) is 0 Å². The molecule has 0 atom stereocenters. The number of rotatable bonds is 6. The highest BCUT2D eigenvalue weighted by atomic mass is 35.5. The van der Waals surface area contributed by atoms with Gasteiger partial charge in [-0.25, -0.2) is 4.79 Å². The van der Waals surface area contributed by atoms with Gasteiger partial charge in [-0.15, -0.1) is 0 Å². The second-order valence-corrected chi connectivity index (χ2v) is 5.43. The maximum absolute atomic E-state index is 12.0. The van der Waals surface area contributed by atoms with E-state index in [2.05, 4.69) is 5.32 Å². The molecule has 0 bridgehead atoms. The summed E-state index contributed by atoms with van der Waals surface area (Å²) < 4.78 is 9.90. The Morgan fingerprint density at radius 2 is 2.00 bits per heavy atom. The van der Waals surface area contributed by atoms with Crippen LogP contribution < -0.4 is 15.8 Å². The number of nitro benzene ring substituents is 1. The molecule has 0 aliphatic carbocycles. The summed E-state index contributed by atoms with van der Waals surface area (Å²) >= 11 is 5.79. The van der Waals surface area contributed by atoms with Gasteiger partial charge in [0.25, 0.3) is 11.6 Å². The number of nitrogen functional groups attached to an aromatic ring is 1. The molecule has 136 valence electrons.